The van der Waals surface area contributed by atoms with Crippen LogP contribution >= 0.6 is 11.8 Å². The number of hydrogen-bond acceptors (Lipinski definition) is 3. The molecule has 0 N–H and O–H groups in total. The summed E-state index contributed by atoms with van der Waals surface area (Å²) in [5.41, 5.74) is -0.322. The van der Waals surface area contributed by atoms with E-state index in [2.05, 4.69) is 0 Å². The first-order valence-corrected chi connectivity index (χ1v) is 6.62. The second-order valence-corrected chi connectivity index (χ2v) is 7.18. The molecule has 0 atom stereocenters. The van der Waals surface area contributed by atoms with Crippen LogP contribution in [-0.2, 0) is 0 Å². The zero-order valence-electron chi connectivity index (χ0n) is 11.1. The van der Waals surface area contributed by atoms with Gasteiger partial charge in [-0.05, 0) is 18.6 Å². The number of benzene rings is 1. The molecule has 0 fully saturated rings. The molecule has 0 saturated carbocycles. The molecule has 0 aliphatic rings. The van der Waals surface area contributed by atoms with Gasteiger partial charge in [0.25, 0.3) is 0 Å². The predicted molar refractivity (Wildman–Crippen MR) is 72.7 cm³/mol. The van der Waals surface area contributed by atoms with Gasteiger partial charge in [0.2, 0.25) is 0 Å². The van der Waals surface area contributed by atoms with E-state index < -0.39 is 17.3 Å². The van der Waals surface area contributed by atoms with Crippen LogP contribution in [0.1, 0.15) is 26.3 Å². The van der Waals surface area contributed by atoms with Crippen molar-refractivity contribution in [3.63, 3.8) is 0 Å². The summed E-state index contributed by atoms with van der Waals surface area (Å²) >= 11 is 1.07. The summed E-state index contributed by atoms with van der Waals surface area (Å²) in [4.78, 5) is 11.2. The molecule has 0 saturated heterocycles. The minimum atomic E-state index is -0.810. The molecule has 5 heteroatoms. The smallest absolute Gasteiger partial charge is 0.336 e. The van der Waals surface area contributed by atoms with Gasteiger partial charge in [0, 0.05) is 16.2 Å². The third-order valence-electron chi connectivity index (χ3n) is 2.50. The van der Waals surface area contributed by atoms with Gasteiger partial charge in [-0.15, -0.1) is 11.8 Å². The Labute approximate surface area is 113 Å². The van der Waals surface area contributed by atoms with Gasteiger partial charge >= 0.3 is 5.63 Å². The quantitative estimate of drug-likeness (QED) is 0.578. The molecule has 1 aromatic heterocycles. The number of thioether (sulfide) groups is 1. The van der Waals surface area contributed by atoms with Crippen LogP contribution in [0.2, 0.25) is 0 Å². The van der Waals surface area contributed by atoms with E-state index >= 15 is 0 Å². The monoisotopic (exact) mass is 284 g/mol. The highest BCUT2D eigenvalue weighted by atomic mass is 32.2. The van der Waals surface area contributed by atoms with E-state index in [0.29, 0.717) is 5.56 Å². The average Bonchev–Trinajstić information content (AvgIpc) is 2.25. The summed E-state index contributed by atoms with van der Waals surface area (Å²) in [6.07, 6.45) is 0. The van der Waals surface area contributed by atoms with Crippen LogP contribution in [0.3, 0.4) is 0 Å². The van der Waals surface area contributed by atoms with E-state index in [9.17, 15) is 13.6 Å². The maximum Gasteiger partial charge on any atom is 0.336 e. The van der Waals surface area contributed by atoms with Crippen molar-refractivity contribution in [3.8, 4) is 0 Å². The number of halogens is 2. The van der Waals surface area contributed by atoms with Crippen LogP contribution in [0.4, 0.5) is 8.78 Å². The minimum absolute atomic E-state index is 0.117. The Morgan fingerprint density at radius 1 is 1.21 bits per heavy atom. The molecule has 0 bridgehead atoms. The molecule has 2 rings (SSSR count). The second kappa shape index (κ2) is 4.63. The van der Waals surface area contributed by atoms with Crippen molar-refractivity contribution < 1.29 is 13.2 Å². The number of fused-ring (bicyclic) bond motifs is 1. The molecule has 1 heterocycles. The molecule has 19 heavy (non-hydrogen) atoms. The Kier molecular flexibility index (Phi) is 3.43. The Balaban J connectivity index is 2.78. The van der Waals surface area contributed by atoms with Crippen molar-refractivity contribution in [1.82, 2.24) is 0 Å². The fraction of sp³-hybridized carbons (Fsp3) is 0.357. The Morgan fingerprint density at radius 2 is 1.84 bits per heavy atom. The lowest BCUT2D eigenvalue weighted by molar-refractivity contribution is 0.495. The third-order valence-corrected chi connectivity index (χ3v) is 3.69. The molecule has 0 amide bonds. The summed E-state index contributed by atoms with van der Waals surface area (Å²) in [7, 11) is 0. The first kappa shape index (κ1) is 14.1. The van der Waals surface area contributed by atoms with E-state index in [-0.39, 0.29) is 20.6 Å². The molecular weight excluding hydrogens is 270 g/mol. The third kappa shape index (κ3) is 2.81. The summed E-state index contributed by atoms with van der Waals surface area (Å²) in [5.74, 6) is -1.45. The number of hydrogen-bond donors (Lipinski definition) is 0. The maximum absolute atomic E-state index is 14.3. The summed E-state index contributed by atoms with van der Waals surface area (Å²) in [5, 5.41) is 0.285. The van der Waals surface area contributed by atoms with E-state index in [1.807, 2.05) is 20.8 Å². The highest BCUT2D eigenvalue weighted by molar-refractivity contribution is 8.00. The van der Waals surface area contributed by atoms with E-state index in [0.717, 1.165) is 11.8 Å². The van der Waals surface area contributed by atoms with Crippen molar-refractivity contribution >= 4 is 22.7 Å². The molecule has 0 aliphatic heterocycles. The first-order chi connectivity index (χ1) is 8.69. The van der Waals surface area contributed by atoms with Gasteiger partial charge in [-0.1, -0.05) is 20.8 Å². The van der Waals surface area contributed by atoms with Gasteiger partial charge in [0.05, 0.1) is 4.90 Å². The fourth-order valence-electron chi connectivity index (χ4n) is 1.76. The van der Waals surface area contributed by atoms with Crippen LogP contribution in [0, 0.1) is 18.6 Å². The lowest BCUT2D eigenvalue weighted by atomic mass is 10.1. The van der Waals surface area contributed by atoms with Crippen LogP contribution < -0.4 is 5.63 Å². The molecule has 0 spiro atoms. The largest absolute Gasteiger partial charge is 0.420 e. The highest BCUT2D eigenvalue weighted by Gasteiger charge is 2.22. The Hall–Kier alpha value is -1.36. The topological polar surface area (TPSA) is 30.2 Å². The predicted octanol–water partition coefficient (Wildman–Crippen LogP) is 4.27. The standard InChI is InChI=1S/C14H14F2O2S/c1-7-5-10(17)18-12-8(7)6-9(15)13(11(12)16)19-14(2,3)4/h5-6H,1-4H3. The fourth-order valence-corrected chi connectivity index (χ4v) is 2.71. The molecule has 0 unspecified atom stereocenters. The molecule has 2 aromatic rings. The molecule has 1 aromatic carbocycles. The van der Waals surface area contributed by atoms with Crippen molar-refractivity contribution in [2.75, 3.05) is 0 Å². The number of rotatable bonds is 1. The average molecular weight is 284 g/mol. The zero-order valence-corrected chi connectivity index (χ0v) is 12.0. The lowest BCUT2D eigenvalue weighted by Crippen LogP contribution is -2.09. The highest BCUT2D eigenvalue weighted by Crippen LogP contribution is 2.38. The van der Waals surface area contributed by atoms with Gasteiger partial charge in [-0.2, -0.15) is 0 Å². The van der Waals surface area contributed by atoms with E-state index in [1.54, 1.807) is 6.92 Å². The van der Waals surface area contributed by atoms with Gasteiger partial charge < -0.3 is 4.42 Å². The van der Waals surface area contributed by atoms with Gasteiger partial charge in [0.1, 0.15) is 5.82 Å². The lowest BCUT2D eigenvalue weighted by Gasteiger charge is -2.18. The van der Waals surface area contributed by atoms with Crippen molar-refractivity contribution in [3.05, 3.63) is 39.8 Å². The van der Waals surface area contributed by atoms with Crippen LogP contribution in [0.15, 0.2) is 26.2 Å². The van der Waals surface area contributed by atoms with Gasteiger partial charge in [-0.3, -0.25) is 0 Å². The summed E-state index contributed by atoms with van der Waals surface area (Å²) in [6, 6.07) is 2.43. The molecule has 2 nitrogen and oxygen atoms in total. The summed E-state index contributed by atoms with van der Waals surface area (Å²) < 4.78 is 32.9. The van der Waals surface area contributed by atoms with Gasteiger partial charge in [-0.25, -0.2) is 13.6 Å². The Morgan fingerprint density at radius 3 is 2.42 bits per heavy atom. The Bertz CT molecular complexity index is 699. The van der Waals surface area contributed by atoms with E-state index in [4.69, 9.17) is 4.42 Å². The first-order valence-electron chi connectivity index (χ1n) is 5.80. The van der Waals surface area contributed by atoms with Crippen LogP contribution in [0.5, 0.6) is 0 Å². The zero-order chi connectivity index (χ0) is 14.4. The van der Waals surface area contributed by atoms with E-state index in [1.165, 1.54) is 12.1 Å². The summed E-state index contributed by atoms with van der Waals surface area (Å²) in [6.45, 7) is 7.18. The van der Waals surface area contributed by atoms with Crippen molar-refractivity contribution in [2.45, 2.75) is 37.3 Å². The molecule has 0 aliphatic carbocycles. The maximum atomic E-state index is 14.3. The minimum Gasteiger partial charge on any atom is -0.420 e. The van der Waals surface area contributed by atoms with Crippen molar-refractivity contribution in [2.24, 2.45) is 0 Å². The number of aryl methyl sites for hydroxylation is 1. The normalized spacial score (nSPS) is 12.1. The van der Waals surface area contributed by atoms with Crippen LogP contribution in [0.25, 0.3) is 11.0 Å². The SMILES string of the molecule is Cc1cc(=O)oc2c(F)c(SC(C)(C)C)c(F)cc12. The molecule has 0 radical (unpaired) electrons. The second-order valence-electron chi connectivity index (χ2n) is 5.34. The van der Waals surface area contributed by atoms with Gasteiger partial charge in [0.15, 0.2) is 11.4 Å². The molecular formula is C14H14F2O2S. The van der Waals surface area contributed by atoms with Crippen LogP contribution in [-0.4, -0.2) is 4.75 Å². The molecule has 102 valence electrons. The van der Waals surface area contributed by atoms with Crippen molar-refractivity contribution in [1.29, 1.82) is 0 Å².